The molecule has 1 aliphatic heterocycles. The Morgan fingerprint density at radius 3 is 2.26 bits per heavy atom. The van der Waals surface area contributed by atoms with Crippen LogP contribution in [0.2, 0.25) is 0 Å². The number of carbonyl (C=O) groups excluding carboxylic acids is 2. The van der Waals surface area contributed by atoms with Gasteiger partial charge >= 0.3 is 12.1 Å². The van der Waals surface area contributed by atoms with E-state index in [1.165, 1.54) is 27.2 Å². The van der Waals surface area contributed by atoms with Crippen molar-refractivity contribution in [2.45, 2.75) is 43.7 Å². The predicted octanol–water partition coefficient (Wildman–Crippen LogP) is 3.63. The van der Waals surface area contributed by atoms with Crippen molar-refractivity contribution < 1.29 is 24.2 Å². The number of carboxylic acid groups (broad SMARTS) is 1. The van der Waals surface area contributed by atoms with Crippen LogP contribution in [0.5, 0.6) is 0 Å². The molecular weight excluding hydrogens is 432 g/mol. The van der Waals surface area contributed by atoms with Crippen molar-refractivity contribution in [3.8, 4) is 11.1 Å². The number of likely N-dealkylation sites (tertiary alicyclic amines) is 1. The highest BCUT2D eigenvalue weighted by molar-refractivity contribution is 5.87. The van der Waals surface area contributed by atoms with Crippen LogP contribution in [0.25, 0.3) is 11.1 Å². The van der Waals surface area contributed by atoms with Crippen molar-refractivity contribution >= 4 is 18.0 Å². The number of rotatable bonds is 5. The molecule has 3 fully saturated rings. The molecule has 176 valence electrons. The molecule has 6 rings (SSSR count). The predicted molar refractivity (Wildman–Crippen MR) is 124 cm³/mol. The molecule has 2 aromatic rings. The summed E-state index contributed by atoms with van der Waals surface area (Å²) in [5.41, 5.74) is 4.76. The van der Waals surface area contributed by atoms with Crippen LogP contribution < -0.4 is 5.32 Å². The van der Waals surface area contributed by atoms with E-state index in [1.807, 2.05) is 24.3 Å². The Kier molecular flexibility index (Phi) is 5.08. The second-order valence-corrected chi connectivity index (χ2v) is 10.1. The maximum absolute atomic E-state index is 12.8. The molecule has 0 radical (unpaired) electrons. The molecule has 3 aliphatic carbocycles. The second-order valence-electron chi connectivity index (χ2n) is 10.1. The van der Waals surface area contributed by atoms with Crippen LogP contribution >= 0.6 is 0 Å². The van der Waals surface area contributed by atoms with Crippen LogP contribution in [0.1, 0.15) is 42.7 Å². The number of nitrogens with zero attached hydrogens (tertiary/aromatic N) is 1. The maximum Gasteiger partial charge on any atom is 0.407 e. The number of nitrogens with one attached hydrogen (secondary N) is 1. The number of ether oxygens (including phenoxy) is 1. The van der Waals surface area contributed by atoms with Gasteiger partial charge in [0.2, 0.25) is 5.91 Å². The first-order valence-corrected chi connectivity index (χ1v) is 12.2. The summed E-state index contributed by atoms with van der Waals surface area (Å²) in [6, 6.07) is 15.9. The lowest BCUT2D eigenvalue weighted by Gasteiger charge is -2.40. The third kappa shape index (κ3) is 3.37. The zero-order valence-corrected chi connectivity index (χ0v) is 18.9. The summed E-state index contributed by atoms with van der Waals surface area (Å²) in [7, 11) is 0. The van der Waals surface area contributed by atoms with E-state index in [2.05, 4.69) is 29.6 Å². The van der Waals surface area contributed by atoms with Crippen LogP contribution in [0.3, 0.4) is 0 Å². The first kappa shape index (κ1) is 21.2. The van der Waals surface area contributed by atoms with Gasteiger partial charge in [-0.3, -0.25) is 4.79 Å². The van der Waals surface area contributed by atoms with E-state index in [0.29, 0.717) is 25.3 Å². The van der Waals surface area contributed by atoms with Crippen molar-refractivity contribution in [1.29, 1.82) is 0 Å². The quantitative estimate of drug-likeness (QED) is 0.711. The van der Waals surface area contributed by atoms with E-state index in [0.717, 1.165) is 12.8 Å². The number of hydrogen-bond donors (Lipinski definition) is 2. The zero-order valence-electron chi connectivity index (χ0n) is 18.9. The Labute approximate surface area is 198 Å². The van der Waals surface area contributed by atoms with Crippen LogP contribution in [0.15, 0.2) is 48.5 Å². The largest absolute Gasteiger partial charge is 0.480 e. The van der Waals surface area contributed by atoms with E-state index in [-0.39, 0.29) is 36.3 Å². The van der Waals surface area contributed by atoms with Crippen molar-refractivity contribution in [3.05, 3.63) is 59.7 Å². The van der Waals surface area contributed by atoms with E-state index < -0.39 is 18.1 Å². The first-order chi connectivity index (χ1) is 16.5. The van der Waals surface area contributed by atoms with Gasteiger partial charge in [0.15, 0.2) is 0 Å². The fourth-order valence-electron chi connectivity index (χ4n) is 6.53. The lowest BCUT2D eigenvalue weighted by Crippen LogP contribution is -2.56. The molecule has 1 heterocycles. The van der Waals surface area contributed by atoms with Gasteiger partial charge in [0.25, 0.3) is 0 Å². The van der Waals surface area contributed by atoms with E-state index >= 15 is 0 Å². The van der Waals surface area contributed by atoms with E-state index in [9.17, 15) is 19.5 Å². The fraction of sp³-hybridized carbons (Fsp3) is 0.444. The van der Waals surface area contributed by atoms with Gasteiger partial charge in [-0.05, 0) is 59.8 Å². The monoisotopic (exact) mass is 460 g/mol. The van der Waals surface area contributed by atoms with Gasteiger partial charge in [-0.15, -0.1) is 0 Å². The molecule has 0 spiro atoms. The minimum atomic E-state index is -0.921. The minimum Gasteiger partial charge on any atom is -0.480 e. The van der Waals surface area contributed by atoms with Gasteiger partial charge in [-0.2, -0.15) is 0 Å². The van der Waals surface area contributed by atoms with Crippen molar-refractivity contribution in [3.63, 3.8) is 0 Å². The Morgan fingerprint density at radius 1 is 0.971 bits per heavy atom. The maximum atomic E-state index is 12.8. The molecule has 1 saturated heterocycles. The Balaban J connectivity index is 1.04. The van der Waals surface area contributed by atoms with Gasteiger partial charge in [0, 0.05) is 24.4 Å². The van der Waals surface area contributed by atoms with Gasteiger partial charge in [0.1, 0.15) is 12.6 Å². The molecule has 34 heavy (non-hydrogen) atoms. The zero-order chi connectivity index (χ0) is 23.4. The normalized spacial score (nSPS) is 28.7. The molecule has 7 heteroatoms. The van der Waals surface area contributed by atoms with Crippen LogP contribution in [-0.4, -0.2) is 53.2 Å². The number of amides is 2. The fourth-order valence-corrected chi connectivity index (χ4v) is 6.53. The Hall–Kier alpha value is -3.35. The average molecular weight is 461 g/mol. The van der Waals surface area contributed by atoms with Crippen LogP contribution in [-0.2, 0) is 14.3 Å². The minimum absolute atomic E-state index is 0.0186. The highest BCUT2D eigenvalue weighted by Gasteiger charge is 2.52. The lowest BCUT2D eigenvalue weighted by atomic mass is 9.71. The number of hydrogen-bond acceptors (Lipinski definition) is 4. The van der Waals surface area contributed by atoms with E-state index in [4.69, 9.17) is 4.74 Å². The summed E-state index contributed by atoms with van der Waals surface area (Å²) in [5.74, 6) is -0.384. The molecule has 2 amide bonds. The number of aliphatic carboxylic acids is 1. The molecular formula is C27H28N2O5. The smallest absolute Gasteiger partial charge is 0.407 e. The molecule has 2 N–H and O–H groups in total. The summed E-state index contributed by atoms with van der Waals surface area (Å²) in [4.78, 5) is 38.2. The molecule has 0 bridgehead atoms. The summed E-state index contributed by atoms with van der Waals surface area (Å²) >= 11 is 0. The molecule has 5 atom stereocenters. The number of benzene rings is 2. The van der Waals surface area contributed by atoms with Gasteiger partial charge in [0.05, 0.1) is 0 Å². The first-order valence-electron chi connectivity index (χ1n) is 12.2. The van der Waals surface area contributed by atoms with Crippen molar-refractivity contribution in [1.82, 2.24) is 10.2 Å². The molecule has 5 unspecified atom stereocenters. The summed E-state index contributed by atoms with van der Waals surface area (Å²) in [5, 5.41) is 12.3. The number of alkyl carbamates (subject to hydrolysis) is 1. The Morgan fingerprint density at radius 2 is 1.65 bits per heavy atom. The molecule has 4 aliphatic rings. The highest BCUT2D eigenvalue weighted by Crippen LogP contribution is 2.50. The standard InChI is InChI=1S/C27H28N2O5/c30-25(29-10-9-24(29)26(31)32)16-11-15-13-23(21(15)12-16)28-27(33)34-14-22-19-7-3-1-5-17(19)18-6-2-4-8-20(18)22/h1-8,15-16,21-24H,9-14H2,(H,28,33)(H,31,32). The average Bonchev–Trinajstić information content (AvgIpc) is 3.30. The molecule has 2 saturated carbocycles. The van der Waals surface area contributed by atoms with Gasteiger partial charge in [-0.25, -0.2) is 9.59 Å². The molecule has 7 nitrogen and oxygen atoms in total. The topological polar surface area (TPSA) is 95.9 Å². The molecule has 0 aromatic heterocycles. The second kappa shape index (κ2) is 8.15. The van der Waals surface area contributed by atoms with Gasteiger partial charge < -0.3 is 20.1 Å². The molecule has 2 aromatic carbocycles. The summed E-state index contributed by atoms with van der Waals surface area (Å²) < 4.78 is 5.68. The van der Waals surface area contributed by atoms with Crippen molar-refractivity contribution in [2.75, 3.05) is 13.2 Å². The summed E-state index contributed by atoms with van der Waals surface area (Å²) in [6.07, 6.45) is 2.47. The van der Waals surface area contributed by atoms with Crippen LogP contribution in [0.4, 0.5) is 4.79 Å². The van der Waals surface area contributed by atoms with Gasteiger partial charge in [-0.1, -0.05) is 48.5 Å². The summed E-state index contributed by atoms with van der Waals surface area (Å²) in [6.45, 7) is 0.816. The van der Waals surface area contributed by atoms with Crippen LogP contribution in [0, 0.1) is 17.8 Å². The SMILES string of the molecule is O=C(NC1CC2CC(C(=O)N3CCC3C(=O)O)CC21)OCC1c2ccccc2-c2ccccc21. The number of fused-ring (bicyclic) bond motifs is 4. The van der Waals surface area contributed by atoms with Crippen molar-refractivity contribution in [2.24, 2.45) is 17.8 Å². The Bertz CT molecular complexity index is 1120. The number of carbonyl (C=O) groups is 3. The highest BCUT2D eigenvalue weighted by atomic mass is 16.5. The third-order valence-corrected chi connectivity index (χ3v) is 8.41. The third-order valence-electron chi connectivity index (χ3n) is 8.41. The van der Waals surface area contributed by atoms with E-state index in [1.54, 1.807) is 0 Å². The lowest BCUT2D eigenvalue weighted by molar-refractivity contribution is -0.159. The number of carboxylic acids is 1.